The van der Waals surface area contributed by atoms with E-state index in [1.54, 1.807) is 18.2 Å². The molecule has 0 unspecified atom stereocenters. The van der Waals surface area contributed by atoms with Crippen molar-refractivity contribution >= 4 is 17.5 Å². The van der Waals surface area contributed by atoms with Gasteiger partial charge in [-0.2, -0.15) is 0 Å². The van der Waals surface area contributed by atoms with E-state index in [4.69, 9.17) is 11.6 Å². The molecule has 1 heterocycles. The van der Waals surface area contributed by atoms with Crippen molar-refractivity contribution in [2.45, 2.75) is 25.7 Å². The fourth-order valence-corrected chi connectivity index (χ4v) is 5.04. The lowest BCUT2D eigenvalue weighted by Gasteiger charge is -2.22. The molecule has 1 saturated heterocycles. The normalized spacial score (nSPS) is 33.5. The van der Waals surface area contributed by atoms with Crippen molar-refractivity contribution in [3.8, 4) is 5.75 Å². The van der Waals surface area contributed by atoms with Gasteiger partial charge in [-0.1, -0.05) is 17.7 Å². The van der Waals surface area contributed by atoms with Crippen molar-refractivity contribution in [1.29, 1.82) is 0 Å². The monoisotopic (exact) mass is 305 g/mol. The van der Waals surface area contributed by atoms with Crippen LogP contribution >= 0.6 is 11.6 Å². The Morgan fingerprint density at radius 3 is 2.52 bits per heavy atom. The second-order valence-corrected chi connectivity index (χ2v) is 7.33. The smallest absolute Gasteiger partial charge is 0.227 e. The van der Waals surface area contributed by atoms with Crippen LogP contribution in [0, 0.1) is 23.7 Å². The Balaban J connectivity index is 1.43. The second-order valence-electron chi connectivity index (χ2n) is 6.92. The van der Waals surface area contributed by atoms with E-state index in [0.717, 1.165) is 42.3 Å². The largest absolute Gasteiger partial charge is 0.506 e. The molecule has 1 N–H and O–H groups in total. The molecule has 1 aromatic carbocycles. The Kier molecular flexibility index (Phi) is 3.14. The van der Waals surface area contributed by atoms with E-state index in [9.17, 15) is 9.90 Å². The molecule has 112 valence electrons. The number of nitrogens with zero attached hydrogens (tertiary/aromatic N) is 1. The van der Waals surface area contributed by atoms with Crippen LogP contribution in [-0.2, 0) is 11.2 Å². The summed E-state index contributed by atoms with van der Waals surface area (Å²) >= 11 is 5.91. The van der Waals surface area contributed by atoms with Crippen LogP contribution in [0.5, 0.6) is 5.75 Å². The minimum Gasteiger partial charge on any atom is -0.506 e. The highest BCUT2D eigenvalue weighted by Gasteiger charge is 2.52. The van der Waals surface area contributed by atoms with Crippen molar-refractivity contribution in [3.05, 3.63) is 28.8 Å². The highest BCUT2D eigenvalue weighted by molar-refractivity contribution is 6.32. The first kappa shape index (κ1) is 13.4. The topological polar surface area (TPSA) is 40.5 Å². The summed E-state index contributed by atoms with van der Waals surface area (Å²) in [5.41, 5.74) is 0.878. The molecular formula is C17H20ClNO2. The van der Waals surface area contributed by atoms with Gasteiger partial charge in [-0.25, -0.2) is 0 Å². The van der Waals surface area contributed by atoms with E-state index in [1.165, 1.54) is 19.3 Å². The van der Waals surface area contributed by atoms with E-state index >= 15 is 0 Å². The molecule has 1 amide bonds. The summed E-state index contributed by atoms with van der Waals surface area (Å²) < 4.78 is 0. The quantitative estimate of drug-likeness (QED) is 0.912. The minimum absolute atomic E-state index is 0.0696. The molecule has 3 aliphatic rings. The molecule has 2 bridgehead atoms. The lowest BCUT2D eigenvalue weighted by molar-refractivity contribution is -0.129. The number of carbonyl (C=O) groups is 1. The number of fused-ring (bicyclic) bond motifs is 5. The Bertz CT molecular complexity index is 570. The summed E-state index contributed by atoms with van der Waals surface area (Å²) in [6, 6.07) is 5.03. The number of hydrogen-bond acceptors (Lipinski definition) is 2. The van der Waals surface area contributed by atoms with Gasteiger partial charge in [0.15, 0.2) is 0 Å². The SMILES string of the molecule is O=C(Cc1ccc(O)c(Cl)c1)N1C[C@@H]2[C@@H]3CC[C@@H](C3)[C@@H]2C1. The third-order valence-corrected chi connectivity index (χ3v) is 6.16. The molecule has 21 heavy (non-hydrogen) atoms. The van der Waals surface area contributed by atoms with Gasteiger partial charge in [0.2, 0.25) is 5.91 Å². The number of amides is 1. The maximum Gasteiger partial charge on any atom is 0.227 e. The molecule has 4 heteroatoms. The number of hydrogen-bond donors (Lipinski definition) is 1. The maximum absolute atomic E-state index is 12.5. The molecule has 1 aromatic rings. The van der Waals surface area contributed by atoms with E-state index in [1.807, 2.05) is 0 Å². The Labute approximate surface area is 129 Å². The standard InChI is InChI=1S/C17H20ClNO2/c18-15-5-10(1-4-16(15)20)6-17(21)19-8-13-11-2-3-12(7-11)14(13)9-19/h1,4-5,11-14,20H,2-3,6-9H2/t11-,12+,13-,14+. The predicted octanol–water partition coefficient (Wildman–Crippen LogP) is 3.09. The Hall–Kier alpha value is -1.22. The van der Waals surface area contributed by atoms with Crippen molar-refractivity contribution in [1.82, 2.24) is 4.90 Å². The highest BCUT2D eigenvalue weighted by Crippen LogP contribution is 2.55. The molecule has 4 atom stereocenters. The molecule has 3 nitrogen and oxygen atoms in total. The molecule has 3 fully saturated rings. The maximum atomic E-state index is 12.5. The molecule has 0 aromatic heterocycles. The number of phenolic OH excluding ortho intramolecular Hbond substituents is 1. The Morgan fingerprint density at radius 1 is 1.24 bits per heavy atom. The molecule has 4 rings (SSSR count). The second kappa shape index (κ2) is 4.91. The highest BCUT2D eigenvalue weighted by atomic mass is 35.5. The molecule has 2 saturated carbocycles. The number of carbonyl (C=O) groups excluding carboxylic acids is 1. The van der Waals surface area contributed by atoms with Crippen LogP contribution < -0.4 is 0 Å². The summed E-state index contributed by atoms with van der Waals surface area (Å²) in [7, 11) is 0. The minimum atomic E-state index is 0.0696. The Morgan fingerprint density at radius 2 is 1.90 bits per heavy atom. The van der Waals surface area contributed by atoms with Gasteiger partial charge in [0.05, 0.1) is 11.4 Å². The van der Waals surface area contributed by atoms with Crippen molar-refractivity contribution in [3.63, 3.8) is 0 Å². The van der Waals surface area contributed by atoms with Gasteiger partial charge in [0.25, 0.3) is 0 Å². The fraction of sp³-hybridized carbons (Fsp3) is 0.588. The molecule has 0 spiro atoms. The number of likely N-dealkylation sites (tertiary alicyclic amines) is 1. The average Bonchev–Trinajstić information content (AvgIpc) is 3.13. The first-order chi connectivity index (χ1) is 10.1. The van der Waals surface area contributed by atoms with Crippen LogP contribution in [0.2, 0.25) is 5.02 Å². The summed E-state index contributed by atoms with van der Waals surface area (Å²) in [6.45, 7) is 1.91. The fourth-order valence-electron chi connectivity index (χ4n) is 4.83. The molecule has 1 aliphatic heterocycles. The van der Waals surface area contributed by atoms with Crippen LogP contribution in [0.15, 0.2) is 18.2 Å². The van der Waals surface area contributed by atoms with Crippen LogP contribution in [0.1, 0.15) is 24.8 Å². The summed E-state index contributed by atoms with van der Waals surface area (Å²) in [5, 5.41) is 9.75. The van der Waals surface area contributed by atoms with E-state index in [2.05, 4.69) is 4.90 Å². The lowest BCUT2D eigenvalue weighted by Crippen LogP contribution is -2.31. The zero-order valence-corrected chi connectivity index (χ0v) is 12.7. The third-order valence-electron chi connectivity index (χ3n) is 5.86. The van der Waals surface area contributed by atoms with Gasteiger partial charge < -0.3 is 10.0 Å². The summed E-state index contributed by atoms with van der Waals surface area (Å²) in [5.74, 6) is 3.54. The molecule has 0 radical (unpaired) electrons. The lowest BCUT2D eigenvalue weighted by atomic mass is 9.82. The first-order valence-electron chi connectivity index (χ1n) is 7.87. The number of rotatable bonds is 2. The number of aromatic hydroxyl groups is 1. The van der Waals surface area contributed by atoms with E-state index in [0.29, 0.717) is 11.4 Å². The summed E-state index contributed by atoms with van der Waals surface area (Å²) in [4.78, 5) is 14.6. The number of benzene rings is 1. The van der Waals surface area contributed by atoms with Crippen LogP contribution in [-0.4, -0.2) is 29.0 Å². The third kappa shape index (κ3) is 2.22. The van der Waals surface area contributed by atoms with Gasteiger partial charge in [-0.3, -0.25) is 4.79 Å². The predicted molar refractivity (Wildman–Crippen MR) is 81.2 cm³/mol. The zero-order valence-electron chi connectivity index (χ0n) is 12.0. The van der Waals surface area contributed by atoms with Gasteiger partial charge in [-0.15, -0.1) is 0 Å². The zero-order chi connectivity index (χ0) is 14.6. The van der Waals surface area contributed by atoms with Crippen molar-refractivity contribution in [2.24, 2.45) is 23.7 Å². The van der Waals surface area contributed by atoms with Crippen LogP contribution in [0.25, 0.3) is 0 Å². The van der Waals surface area contributed by atoms with E-state index < -0.39 is 0 Å². The number of halogens is 1. The van der Waals surface area contributed by atoms with Crippen LogP contribution in [0.4, 0.5) is 0 Å². The van der Waals surface area contributed by atoms with Crippen LogP contribution in [0.3, 0.4) is 0 Å². The van der Waals surface area contributed by atoms with Gasteiger partial charge >= 0.3 is 0 Å². The van der Waals surface area contributed by atoms with Gasteiger partial charge in [0.1, 0.15) is 5.75 Å². The molecular weight excluding hydrogens is 286 g/mol. The molecule has 2 aliphatic carbocycles. The number of phenols is 1. The van der Waals surface area contributed by atoms with Crippen molar-refractivity contribution in [2.75, 3.05) is 13.1 Å². The summed E-state index contributed by atoms with van der Waals surface area (Å²) in [6.07, 6.45) is 4.54. The van der Waals surface area contributed by atoms with E-state index in [-0.39, 0.29) is 11.7 Å². The van der Waals surface area contributed by atoms with Gasteiger partial charge in [-0.05, 0) is 60.6 Å². The van der Waals surface area contributed by atoms with Gasteiger partial charge in [0, 0.05) is 13.1 Å². The average molecular weight is 306 g/mol. The first-order valence-corrected chi connectivity index (χ1v) is 8.25. The van der Waals surface area contributed by atoms with Crippen molar-refractivity contribution < 1.29 is 9.90 Å².